The van der Waals surface area contributed by atoms with E-state index in [1.807, 2.05) is 0 Å². The summed E-state index contributed by atoms with van der Waals surface area (Å²) in [5, 5.41) is 0. The second-order valence-electron chi connectivity index (χ2n) is 5.44. The number of hydrogen-bond donors (Lipinski definition) is 2. The maximum absolute atomic E-state index is 11.0. The summed E-state index contributed by atoms with van der Waals surface area (Å²) >= 11 is 0. The zero-order valence-electron chi connectivity index (χ0n) is 10.9. The molecule has 0 aliphatic heterocycles. The van der Waals surface area contributed by atoms with Crippen molar-refractivity contribution in [3.63, 3.8) is 0 Å². The van der Waals surface area contributed by atoms with Gasteiger partial charge in [0.1, 0.15) is 0 Å². The first-order chi connectivity index (χ1) is 8.02. The van der Waals surface area contributed by atoms with Crippen molar-refractivity contribution in [1.82, 2.24) is 0 Å². The number of hydrogen-bond acceptors (Lipinski definition) is 3. The molecule has 1 amide bonds. The zero-order valence-corrected chi connectivity index (χ0v) is 10.9. The molecular formula is C13H26N2O2. The van der Waals surface area contributed by atoms with E-state index in [1.165, 1.54) is 25.7 Å². The molecule has 0 saturated heterocycles. The second-order valence-corrected chi connectivity index (χ2v) is 5.44. The maximum Gasteiger partial charge on any atom is 0.237 e. The van der Waals surface area contributed by atoms with Crippen molar-refractivity contribution < 1.29 is 9.53 Å². The van der Waals surface area contributed by atoms with Crippen molar-refractivity contribution >= 4 is 5.91 Å². The molecule has 0 spiro atoms. The van der Waals surface area contributed by atoms with Gasteiger partial charge >= 0.3 is 0 Å². The number of carbonyl (C=O) groups is 1. The third-order valence-electron chi connectivity index (χ3n) is 3.69. The zero-order chi connectivity index (χ0) is 12.7. The second kappa shape index (κ2) is 6.97. The summed E-state index contributed by atoms with van der Waals surface area (Å²) in [5.74, 6) is 0.487. The Morgan fingerprint density at radius 3 is 2.59 bits per heavy atom. The molecular weight excluding hydrogens is 216 g/mol. The first kappa shape index (κ1) is 14.5. The van der Waals surface area contributed by atoms with Crippen LogP contribution in [0.1, 0.15) is 51.9 Å². The van der Waals surface area contributed by atoms with Crippen LogP contribution in [0.3, 0.4) is 0 Å². The Morgan fingerprint density at radius 1 is 1.35 bits per heavy atom. The Bertz CT molecular complexity index is 238. The Hall–Kier alpha value is -0.610. The van der Waals surface area contributed by atoms with Gasteiger partial charge < -0.3 is 16.2 Å². The molecule has 100 valence electrons. The van der Waals surface area contributed by atoms with E-state index in [1.54, 1.807) is 6.92 Å². The van der Waals surface area contributed by atoms with Gasteiger partial charge in [-0.1, -0.05) is 19.3 Å². The molecule has 0 radical (unpaired) electrons. The topological polar surface area (TPSA) is 78.3 Å². The van der Waals surface area contributed by atoms with Crippen molar-refractivity contribution in [2.24, 2.45) is 17.4 Å². The summed E-state index contributed by atoms with van der Waals surface area (Å²) in [4.78, 5) is 11.0. The molecule has 17 heavy (non-hydrogen) atoms. The van der Waals surface area contributed by atoms with Gasteiger partial charge in [0.2, 0.25) is 5.91 Å². The lowest BCUT2D eigenvalue weighted by molar-refractivity contribution is -0.122. The van der Waals surface area contributed by atoms with Crippen LogP contribution >= 0.6 is 0 Å². The predicted octanol–water partition coefficient (Wildman–Crippen LogP) is 1.57. The minimum absolute atomic E-state index is 0.427. The van der Waals surface area contributed by atoms with E-state index in [0.29, 0.717) is 6.42 Å². The van der Waals surface area contributed by atoms with E-state index in [-0.39, 0.29) is 0 Å². The quantitative estimate of drug-likeness (QED) is 0.602. The lowest BCUT2D eigenvalue weighted by Crippen LogP contribution is -2.49. The van der Waals surface area contributed by atoms with Gasteiger partial charge in [0.15, 0.2) is 0 Å². The fraction of sp³-hybridized carbons (Fsp3) is 0.923. The van der Waals surface area contributed by atoms with Crippen LogP contribution in [0.5, 0.6) is 0 Å². The summed E-state index contributed by atoms with van der Waals surface area (Å²) in [6, 6.07) is 0. The van der Waals surface area contributed by atoms with Gasteiger partial charge in [-0.05, 0) is 38.5 Å². The minimum atomic E-state index is -0.869. The molecule has 0 aromatic carbocycles. The summed E-state index contributed by atoms with van der Waals surface area (Å²) < 4.78 is 5.56. The predicted molar refractivity (Wildman–Crippen MR) is 68.4 cm³/mol. The van der Waals surface area contributed by atoms with Crippen LogP contribution < -0.4 is 11.5 Å². The molecule has 0 bridgehead atoms. The van der Waals surface area contributed by atoms with Gasteiger partial charge in [-0.15, -0.1) is 0 Å². The number of rotatable bonds is 9. The van der Waals surface area contributed by atoms with Crippen LogP contribution in [0, 0.1) is 5.92 Å². The summed E-state index contributed by atoms with van der Waals surface area (Å²) in [5.41, 5.74) is 10.1. The molecule has 1 atom stereocenters. The molecule has 1 unspecified atom stereocenters. The molecule has 1 fully saturated rings. The van der Waals surface area contributed by atoms with Gasteiger partial charge in [0.05, 0.1) is 5.54 Å². The standard InChI is InChI=1S/C13H26N2O2/c1-13(15,12(14)16)8-2-3-9-17-10-7-11-5-4-6-11/h11H,2-10,15H2,1H3,(H2,14,16). The Labute approximate surface area is 104 Å². The van der Waals surface area contributed by atoms with E-state index in [2.05, 4.69) is 0 Å². The number of carbonyl (C=O) groups excluding carboxylic acids is 1. The molecule has 4 N–H and O–H groups in total. The van der Waals surface area contributed by atoms with Crippen LogP contribution in [0.4, 0.5) is 0 Å². The van der Waals surface area contributed by atoms with Crippen LogP contribution in [0.15, 0.2) is 0 Å². The van der Waals surface area contributed by atoms with E-state index in [4.69, 9.17) is 16.2 Å². The normalized spacial score (nSPS) is 19.6. The molecule has 1 aliphatic rings. The van der Waals surface area contributed by atoms with Crippen molar-refractivity contribution in [1.29, 1.82) is 0 Å². The van der Waals surface area contributed by atoms with Crippen molar-refractivity contribution in [3.8, 4) is 0 Å². The summed E-state index contributed by atoms with van der Waals surface area (Å²) in [6.45, 7) is 3.33. The van der Waals surface area contributed by atoms with E-state index in [9.17, 15) is 4.79 Å². The number of ether oxygens (including phenoxy) is 1. The average Bonchev–Trinajstić information content (AvgIpc) is 2.19. The van der Waals surface area contributed by atoms with Gasteiger partial charge in [0.25, 0.3) is 0 Å². The summed E-state index contributed by atoms with van der Waals surface area (Å²) in [6.07, 6.45) is 7.84. The molecule has 4 heteroatoms. The molecule has 1 rings (SSSR count). The van der Waals surface area contributed by atoms with Gasteiger partial charge in [-0.25, -0.2) is 0 Å². The highest BCUT2D eigenvalue weighted by molar-refractivity contribution is 5.83. The van der Waals surface area contributed by atoms with Crippen molar-refractivity contribution in [3.05, 3.63) is 0 Å². The number of nitrogens with two attached hydrogens (primary N) is 2. The van der Waals surface area contributed by atoms with Crippen molar-refractivity contribution in [2.75, 3.05) is 13.2 Å². The highest BCUT2D eigenvalue weighted by atomic mass is 16.5. The van der Waals surface area contributed by atoms with Crippen LogP contribution in [-0.2, 0) is 9.53 Å². The van der Waals surface area contributed by atoms with Crippen molar-refractivity contribution in [2.45, 2.75) is 57.4 Å². The monoisotopic (exact) mass is 242 g/mol. The molecule has 0 heterocycles. The molecule has 4 nitrogen and oxygen atoms in total. The third-order valence-corrected chi connectivity index (χ3v) is 3.69. The maximum atomic E-state index is 11.0. The average molecular weight is 242 g/mol. The largest absolute Gasteiger partial charge is 0.381 e. The lowest BCUT2D eigenvalue weighted by atomic mass is 9.83. The Balaban J connectivity index is 1.88. The smallest absolute Gasteiger partial charge is 0.237 e. The molecule has 1 saturated carbocycles. The van der Waals surface area contributed by atoms with E-state index >= 15 is 0 Å². The molecule has 0 aromatic rings. The fourth-order valence-corrected chi connectivity index (χ4v) is 1.95. The minimum Gasteiger partial charge on any atom is -0.381 e. The van der Waals surface area contributed by atoms with E-state index < -0.39 is 11.4 Å². The highest BCUT2D eigenvalue weighted by Crippen LogP contribution is 2.29. The first-order valence-electron chi connectivity index (χ1n) is 6.69. The fourth-order valence-electron chi connectivity index (χ4n) is 1.95. The lowest BCUT2D eigenvalue weighted by Gasteiger charge is -2.25. The van der Waals surface area contributed by atoms with Crippen LogP contribution in [0.25, 0.3) is 0 Å². The highest BCUT2D eigenvalue weighted by Gasteiger charge is 2.24. The Morgan fingerprint density at radius 2 is 2.06 bits per heavy atom. The van der Waals surface area contributed by atoms with E-state index in [0.717, 1.165) is 32.0 Å². The van der Waals surface area contributed by atoms with Crippen LogP contribution in [0.2, 0.25) is 0 Å². The van der Waals surface area contributed by atoms with Crippen LogP contribution in [-0.4, -0.2) is 24.7 Å². The van der Waals surface area contributed by atoms with Gasteiger partial charge in [-0.2, -0.15) is 0 Å². The number of amides is 1. The third kappa shape index (κ3) is 5.50. The van der Waals surface area contributed by atoms with Gasteiger partial charge in [0, 0.05) is 13.2 Å². The number of primary amides is 1. The molecule has 1 aliphatic carbocycles. The summed E-state index contributed by atoms with van der Waals surface area (Å²) in [7, 11) is 0. The number of unbranched alkanes of at least 4 members (excludes halogenated alkanes) is 1. The SMILES string of the molecule is CC(N)(CCCCOCCC1CCC1)C(N)=O. The van der Waals surface area contributed by atoms with Gasteiger partial charge in [-0.3, -0.25) is 4.79 Å². The Kier molecular flexibility index (Phi) is 5.92. The first-order valence-corrected chi connectivity index (χ1v) is 6.69. The molecule has 0 aromatic heterocycles.